The summed E-state index contributed by atoms with van der Waals surface area (Å²) in [5.74, 6) is 0.712. The van der Waals surface area contributed by atoms with Gasteiger partial charge in [0.15, 0.2) is 0 Å². The van der Waals surface area contributed by atoms with Crippen molar-refractivity contribution in [3.05, 3.63) is 35.9 Å². The number of nitrogens with one attached hydrogen (secondary N) is 1. The van der Waals surface area contributed by atoms with Crippen LogP contribution in [0.5, 0.6) is 0 Å². The van der Waals surface area contributed by atoms with E-state index in [4.69, 9.17) is 11.6 Å². The van der Waals surface area contributed by atoms with Crippen LogP contribution in [0.3, 0.4) is 0 Å². The van der Waals surface area contributed by atoms with Crippen molar-refractivity contribution >= 4 is 23.2 Å². The Morgan fingerprint density at radius 2 is 2.17 bits per heavy atom. The fourth-order valence-corrected chi connectivity index (χ4v) is 2.93. The molecule has 1 amide bonds. The molecule has 3 rings (SSSR count). The molecule has 2 aromatic rings. The molecule has 1 saturated heterocycles. The SMILES string of the molecule is CC1CCN(CC(=O)Nc2cc(Cl)ccc2-n2cncn2)CC1. The third-order valence-corrected chi connectivity index (χ3v) is 4.38. The molecule has 122 valence electrons. The van der Waals surface area contributed by atoms with Crippen molar-refractivity contribution in [2.45, 2.75) is 19.8 Å². The van der Waals surface area contributed by atoms with Gasteiger partial charge >= 0.3 is 0 Å². The Hall–Kier alpha value is -1.92. The maximum absolute atomic E-state index is 12.4. The number of hydrogen-bond acceptors (Lipinski definition) is 4. The summed E-state index contributed by atoms with van der Waals surface area (Å²) in [6.07, 6.45) is 5.34. The molecule has 0 radical (unpaired) electrons. The normalized spacial score (nSPS) is 16.4. The molecule has 0 spiro atoms. The van der Waals surface area contributed by atoms with Gasteiger partial charge in [-0.3, -0.25) is 9.69 Å². The summed E-state index contributed by atoms with van der Waals surface area (Å²) in [7, 11) is 0. The van der Waals surface area contributed by atoms with Crippen LogP contribution >= 0.6 is 11.6 Å². The van der Waals surface area contributed by atoms with Gasteiger partial charge in [-0.1, -0.05) is 18.5 Å². The number of benzene rings is 1. The van der Waals surface area contributed by atoms with E-state index in [9.17, 15) is 4.79 Å². The van der Waals surface area contributed by atoms with Gasteiger partial charge < -0.3 is 5.32 Å². The minimum Gasteiger partial charge on any atom is -0.323 e. The molecule has 0 aliphatic carbocycles. The van der Waals surface area contributed by atoms with Gasteiger partial charge in [0, 0.05) is 5.02 Å². The van der Waals surface area contributed by atoms with E-state index in [2.05, 4.69) is 27.2 Å². The van der Waals surface area contributed by atoms with Gasteiger partial charge in [-0.15, -0.1) is 0 Å². The lowest BCUT2D eigenvalue weighted by Crippen LogP contribution is -2.38. The fourth-order valence-electron chi connectivity index (χ4n) is 2.75. The maximum atomic E-state index is 12.4. The van der Waals surface area contributed by atoms with Crippen molar-refractivity contribution in [3.8, 4) is 5.69 Å². The monoisotopic (exact) mass is 333 g/mol. The summed E-state index contributed by atoms with van der Waals surface area (Å²) in [6.45, 7) is 4.60. The van der Waals surface area contributed by atoms with Gasteiger partial charge in [-0.25, -0.2) is 9.67 Å². The number of halogens is 1. The number of hydrogen-bond donors (Lipinski definition) is 1. The minimum absolute atomic E-state index is 0.0387. The summed E-state index contributed by atoms with van der Waals surface area (Å²) in [5.41, 5.74) is 1.38. The van der Waals surface area contributed by atoms with E-state index in [-0.39, 0.29) is 5.91 Å². The summed E-state index contributed by atoms with van der Waals surface area (Å²) in [5, 5.41) is 7.62. The van der Waals surface area contributed by atoms with E-state index in [0.717, 1.165) is 37.5 Å². The van der Waals surface area contributed by atoms with Crippen LogP contribution in [0.4, 0.5) is 5.69 Å². The molecule has 7 heteroatoms. The van der Waals surface area contributed by atoms with E-state index < -0.39 is 0 Å². The molecular formula is C16H20ClN5O. The van der Waals surface area contributed by atoms with Crippen LogP contribution in [0.2, 0.25) is 5.02 Å². The number of carbonyl (C=O) groups excluding carboxylic acids is 1. The van der Waals surface area contributed by atoms with Gasteiger partial charge in [0.1, 0.15) is 12.7 Å². The first kappa shape index (κ1) is 16.0. The average molecular weight is 334 g/mol. The molecule has 23 heavy (non-hydrogen) atoms. The molecule has 1 aromatic heterocycles. The highest BCUT2D eigenvalue weighted by Crippen LogP contribution is 2.24. The van der Waals surface area contributed by atoms with Crippen molar-refractivity contribution in [1.82, 2.24) is 19.7 Å². The summed E-state index contributed by atoms with van der Waals surface area (Å²) < 4.78 is 1.61. The molecule has 1 N–H and O–H groups in total. The van der Waals surface area contributed by atoms with E-state index in [1.165, 1.54) is 6.33 Å². The topological polar surface area (TPSA) is 63.1 Å². The Balaban J connectivity index is 1.69. The Morgan fingerprint density at radius 3 is 2.87 bits per heavy atom. The van der Waals surface area contributed by atoms with E-state index >= 15 is 0 Å². The Morgan fingerprint density at radius 1 is 1.39 bits per heavy atom. The lowest BCUT2D eigenvalue weighted by molar-refractivity contribution is -0.117. The molecule has 1 fully saturated rings. The van der Waals surface area contributed by atoms with Crippen LogP contribution in [0.25, 0.3) is 5.69 Å². The smallest absolute Gasteiger partial charge is 0.238 e. The van der Waals surface area contributed by atoms with Crippen molar-refractivity contribution in [2.75, 3.05) is 25.0 Å². The lowest BCUT2D eigenvalue weighted by atomic mass is 9.99. The number of piperidine rings is 1. The number of carbonyl (C=O) groups is 1. The molecule has 0 saturated carbocycles. The number of aromatic nitrogens is 3. The minimum atomic E-state index is -0.0387. The molecule has 2 heterocycles. The zero-order valence-electron chi connectivity index (χ0n) is 13.1. The molecule has 0 atom stereocenters. The largest absolute Gasteiger partial charge is 0.323 e. The molecule has 1 aliphatic heterocycles. The molecular weight excluding hydrogens is 314 g/mol. The van der Waals surface area contributed by atoms with Gasteiger partial charge in [-0.2, -0.15) is 5.10 Å². The van der Waals surface area contributed by atoms with Crippen molar-refractivity contribution in [1.29, 1.82) is 0 Å². The Bertz CT molecular complexity index is 665. The average Bonchev–Trinajstić information content (AvgIpc) is 3.04. The quantitative estimate of drug-likeness (QED) is 0.934. The predicted octanol–water partition coefficient (Wildman–Crippen LogP) is 2.59. The highest BCUT2D eigenvalue weighted by atomic mass is 35.5. The zero-order chi connectivity index (χ0) is 16.2. The second kappa shape index (κ2) is 7.10. The van der Waals surface area contributed by atoms with Gasteiger partial charge in [-0.05, 0) is 50.0 Å². The number of amides is 1. The van der Waals surface area contributed by atoms with Crippen LogP contribution < -0.4 is 5.32 Å². The first-order valence-electron chi connectivity index (χ1n) is 7.78. The Kier molecular flexibility index (Phi) is 4.93. The third-order valence-electron chi connectivity index (χ3n) is 4.14. The van der Waals surface area contributed by atoms with Gasteiger partial charge in [0.25, 0.3) is 0 Å². The van der Waals surface area contributed by atoms with Crippen molar-refractivity contribution in [2.24, 2.45) is 5.92 Å². The first-order chi connectivity index (χ1) is 11.1. The maximum Gasteiger partial charge on any atom is 0.238 e. The standard InChI is InChI=1S/C16H20ClN5O/c1-12-4-6-21(7-5-12)9-16(23)20-14-8-13(17)2-3-15(14)22-11-18-10-19-22/h2-3,8,10-12H,4-7,9H2,1H3,(H,20,23). The molecule has 6 nitrogen and oxygen atoms in total. The molecule has 0 bridgehead atoms. The second-order valence-electron chi connectivity index (χ2n) is 6.01. The zero-order valence-corrected chi connectivity index (χ0v) is 13.8. The van der Waals surface area contributed by atoms with Crippen molar-refractivity contribution < 1.29 is 4.79 Å². The first-order valence-corrected chi connectivity index (χ1v) is 8.16. The fraction of sp³-hybridized carbons (Fsp3) is 0.438. The lowest BCUT2D eigenvalue weighted by Gasteiger charge is -2.29. The Labute approximate surface area is 140 Å². The molecule has 0 unspecified atom stereocenters. The van der Waals surface area contributed by atoms with Gasteiger partial charge in [0.05, 0.1) is 17.9 Å². The number of anilines is 1. The summed E-state index contributed by atoms with van der Waals surface area (Å²) >= 11 is 6.06. The number of likely N-dealkylation sites (tertiary alicyclic amines) is 1. The summed E-state index contributed by atoms with van der Waals surface area (Å²) in [4.78, 5) is 18.5. The number of nitrogens with zero attached hydrogens (tertiary/aromatic N) is 4. The van der Waals surface area contributed by atoms with Crippen LogP contribution in [0.15, 0.2) is 30.9 Å². The van der Waals surface area contributed by atoms with E-state index in [1.54, 1.807) is 23.1 Å². The highest BCUT2D eigenvalue weighted by Gasteiger charge is 2.18. The van der Waals surface area contributed by atoms with Crippen LogP contribution in [-0.2, 0) is 4.79 Å². The van der Waals surface area contributed by atoms with Gasteiger partial charge in [0.2, 0.25) is 5.91 Å². The molecule has 1 aromatic carbocycles. The third kappa shape index (κ3) is 4.09. The van der Waals surface area contributed by atoms with Crippen molar-refractivity contribution in [3.63, 3.8) is 0 Å². The molecule has 1 aliphatic rings. The predicted molar refractivity (Wildman–Crippen MR) is 89.8 cm³/mol. The van der Waals surface area contributed by atoms with Crippen LogP contribution in [0, 0.1) is 5.92 Å². The van der Waals surface area contributed by atoms with E-state index in [1.807, 2.05) is 6.07 Å². The number of rotatable bonds is 4. The van der Waals surface area contributed by atoms with Crippen LogP contribution in [-0.4, -0.2) is 45.2 Å². The summed E-state index contributed by atoms with van der Waals surface area (Å²) in [6, 6.07) is 5.31. The second-order valence-corrected chi connectivity index (χ2v) is 6.44. The highest BCUT2D eigenvalue weighted by molar-refractivity contribution is 6.31. The van der Waals surface area contributed by atoms with Crippen LogP contribution in [0.1, 0.15) is 19.8 Å². The van der Waals surface area contributed by atoms with E-state index in [0.29, 0.717) is 17.3 Å².